The number of aryl methyl sites for hydroxylation is 1. The van der Waals surface area contributed by atoms with Crippen LogP contribution in [-0.2, 0) is 6.54 Å². The number of aromatic nitrogens is 3. The number of nitrogens with zero attached hydrogens (tertiary/aromatic N) is 3. The summed E-state index contributed by atoms with van der Waals surface area (Å²) in [6.07, 6.45) is 1.58. The summed E-state index contributed by atoms with van der Waals surface area (Å²) in [5.41, 5.74) is 0.498. The van der Waals surface area contributed by atoms with Crippen molar-refractivity contribution in [3.63, 3.8) is 0 Å². The first kappa shape index (κ1) is 14.8. The van der Waals surface area contributed by atoms with Gasteiger partial charge in [-0.3, -0.25) is 0 Å². The Balaban J connectivity index is 2.14. The second-order valence-electron chi connectivity index (χ2n) is 5.51. The molecular formula is C13H18FN5S. The van der Waals surface area contributed by atoms with Gasteiger partial charge in [0.25, 0.3) is 0 Å². The third-order valence-corrected chi connectivity index (χ3v) is 3.25. The van der Waals surface area contributed by atoms with Crippen molar-refractivity contribution in [1.82, 2.24) is 19.7 Å². The van der Waals surface area contributed by atoms with Crippen molar-refractivity contribution in [1.29, 1.82) is 0 Å². The van der Waals surface area contributed by atoms with Crippen LogP contribution in [0.15, 0.2) is 12.3 Å². The van der Waals surface area contributed by atoms with Gasteiger partial charge in [-0.25, -0.2) is 14.4 Å². The molecule has 0 spiro atoms. The molecular weight excluding hydrogens is 277 g/mol. The van der Waals surface area contributed by atoms with E-state index in [-0.39, 0.29) is 17.2 Å². The van der Waals surface area contributed by atoms with E-state index in [2.05, 4.69) is 25.0 Å². The average molecular weight is 295 g/mol. The number of anilines is 2. The van der Waals surface area contributed by atoms with Gasteiger partial charge in [0.15, 0.2) is 11.6 Å². The molecule has 108 valence electrons. The fourth-order valence-electron chi connectivity index (χ4n) is 1.52. The van der Waals surface area contributed by atoms with Crippen molar-refractivity contribution in [3.05, 3.63) is 29.5 Å². The average Bonchev–Trinajstić information content (AvgIpc) is 2.75. The summed E-state index contributed by atoms with van der Waals surface area (Å²) in [6, 6.07) is 1.67. The molecule has 2 heterocycles. The lowest BCUT2D eigenvalue weighted by atomic mass is 10.1. The SMILES string of the molecule is Cc1nsc(Nc2nccc(CNC(C)(C)C)c2F)n1. The van der Waals surface area contributed by atoms with Crippen molar-refractivity contribution in [3.8, 4) is 0 Å². The first-order chi connectivity index (χ1) is 9.35. The quantitative estimate of drug-likeness (QED) is 0.908. The van der Waals surface area contributed by atoms with Crippen LogP contribution in [0.4, 0.5) is 15.3 Å². The van der Waals surface area contributed by atoms with Gasteiger partial charge in [0.05, 0.1) is 0 Å². The Morgan fingerprint density at radius 2 is 2.10 bits per heavy atom. The zero-order valence-electron chi connectivity index (χ0n) is 12.0. The Kier molecular flexibility index (Phi) is 4.29. The molecule has 0 bridgehead atoms. The minimum atomic E-state index is -0.364. The molecule has 7 heteroatoms. The van der Waals surface area contributed by atoms with Gasteiger partial charge < -0.3 is 10.6 Å². The van der Waals surface area contributed by atoms with E-state index in [0.717, 1.165) is 0 Å². The van der Waals surface area contributed by atoms with Crippen LogP contribution >= 0.6 is 11.5 Å². The molecule has 0 saturated carbocycles. The second kappa shape index (κ2) is 5.80. The van der Waals surface area contributed by atoms with Gasteiger partial charge in [-0.05, 0) is 33.8 Å². The van der Waals surface area contributed by atoms with E-state index in [0.29, 0.717) is 23.1 Å². The highest BCUT2D eigenvalue weighted by atomic mass is 32.1. The maximum Gasteiger partial charge on any atom is 0.208 e. The summed E-state index contributed by atoms with van der Waals surface area (Å²) in [7, 11) is 0. The van der Waals surface area contributed by atoms with Crippen molar-refractivity contribution < 1.29 is 4.39 Å². The van der Waals surface area contributed by atoms with E-state index in [1.807, 2.05) is 20.8 Å². The summed E-state index contributed by atoms with van der Waals surface area (Å²) < 4.78 is 18.4. The van der Waals surface area contributed by atoms with Crippen molar-refractivity contribution in [2.45, 2.75) is 39.8 Å². The van der Waals surface area contributed by atoms with Gasteiger partial charge in [-0.15, -0.1) is 0 Å². The minimum absolute atomic E-state index is 0.0698. The maximum absolute atomic E-state index is 14.3. The molecule has 2 rings (SSSR count). The smallest absolute Gasteiger partial charge is 0.208 e. The van der Waals surface area contributed by atoms with E-state index in [9.17, 15) is 4.39 Å². The first-order valence-electron chi connectivity index (χ1n) is 6.31. The summed E-state index contributed by atoms with van der Waals surface area (Å²) in [4.78, 5) is 8.15. The lowest BCUT2D eigenvalue weighted by molar-refractivity contribution is 0.418. The van der Waals surface area contributed by atoms with E-state index < -0.39 is 0 Å². The summed E-state index contributed by atoms with van der Waals surface area (Å²) in [5.74, 6) is 0.468. The molecule has 2 N–H and O–H groups in total. The number of rotatable bonds is 4. The van der Waals surface area contributed by atoms with Crippen molar-refractivity contribution in [2.75, 3.05) is 5.32 Å². The van der Waals surface area contributed by atoms with E-state index in [1.54, 1.807) is 19.2 Å². The fraction of sp³-hybridized carbons (Fsp3) is 0.462. The minimum Gasteiger partial charge on any atom is -0.313 e. The van der Waals surface area contributed by atoms with Gasteiger partial charge >= 0.3 is 0 Å². The molecule has 0 unspecified atom stereocenters. The normalized spacial score (nSPS) is 11.7. The molecule has 0 fully saturated rings. The van der Waals surface area contributed by atoms with Gasteiger partial charge in [0.1, 0.15) is 5.82 Å². The van der Waals surface area contributed by atoms with Crippen LogP contribution in [0.25, 0.3) is 0 Å². The van der Waals surface area contributed by atoms with E-state index in [1.165, 1.54) is 11.5 Å². The zero-order chi connectivity index (χ0) is 14.8. The molecule has 2 aromatic heterocycles. The largest absolute Gasteiger partial charge is 0.313 e. The van der Waals surface area contributed by atoms with E-state index >= 15 is 0 Å². The number of hydrogen-bond acceptors (Lipinski definition) is 6. The fourth-order valence-corrected chi connectivity index (χ4v) is 2.09. The molecule has 0 aliphatic carbocycles. The van der Waals surface area contributed by atoms with Crippen molar-refractivity contribution in [2.24, 2.45) is 0 Å². The third kappa shape index (κ3) is 3.94. The molecule has 0 aromatic carbocycles. The van der Waals surface area contributed by atoms with Gasteiger partial charge in [-0.2, -0.15) is 4.37 Å². The van der Waals surface area contributed by atoms with Crippen molar-refractivity contribution >= 4 is 22.5 Å². The molecule has 0 radical (unpaired) electrons. The van der Waals surface area contributed by atoms with Crippen LogP contribution in [-0.4, -0.2) is 19.9 Å². The molecule has 0 saturated heterocycles. The predicted molar refractivity (Wildman–Crippen MR) is 78.7 cm³/mol. The standard InChI is InChI=1S/C13H18FN5S/c1-8-17-12(20-19-8)18-11-10(14)9(5-6-15-11)7-16-13(2,3)4/h5-6,16H,7H2,1-4H3,(H,15,17,18,19). The van der Waals surface area contributed by atoms with Crippen LogP contribution in [0.2, 0.25) is 0 Å². The van der Waals surface area contributed by atoms with Crippen LogP contribution in [0.3, 0.4) is 0 Å². The molecule has 5 nitrogen and oxygen atoms in total. The molecule has 20 heavy (non-hydrogen) atoms. The number of pyridine rings is 1. The number of halogens is 1. The maximum atomic E-state index is 14.3. The lowest BCUT2D eigenvalue weighted by Gasteiger charge is -2.21. The predicted octanol–water partition coefficient (Wildman–Crippen LogP) is 3.01. The Morgan fingerprint density at radius 3 is 2.70 bits per heavy atom. The number of hydrogen-bond donors (Lipinski definition) is 2. The first-order valence-corrected chi connectivity index (χ1v) is 7.08. The molecule has 0 aliphatic heterocycles. The van der Waals surface area contributed by atoms with Gasteiger partial charge in [-0.1, -0.05) is 0 Å². The summed E-state index contributed by atoms with van der Waals surface area (Å²) in [6.45, 7) is 8.34. The zero-order valence-corrected chi connectivity index (χ0v) is 12.8. The topological polar surface area (TPSA) is 62.7 Å². The number of nitrogens with one attached hydrogen (secondary N) is 2. The summed E-state index contributed by atoms with van der Waals surface area (Å²) in [5, 5.41) is 6.65. The Labute approximate surface area is 121 Å². The Hall–Kier alpha value is -1.60. The molecule has 0 amide bonds. The Bertz CT molecular complexity index is 591. The van der Waals surface area contributed by atoms with Gasteiger partial charge in [0, 0.05) is 35.4 Å². The van der Waals surface area contributed by atoms with Gasteiger partial charge in [0.2, 0.25) is 5.13 Å². The summed E-state index contributed by atoms with van der Waals surface area (Å²) >= 11 is 1.18. The molecule has 0 atom stereocenters. The van der Waals surface area contributed by atoms with Crippen LogP contribution in [0.5, 0.6) is 0 Å². The highest BCUT2D eigenvalue weighted by molar-refractivity contribution is 7.09. The van der Waals surface area contributed by atoms with Crippen LogP contribution in [0, 0.1) is 12.7 Å². The Morgan fingerprint density at radius 1 is 1.35 bits per heavy atom. The van der Waals surface area contributed by atoms with Crippen LogP contribution < -0.4 is 10.6 Å². The van der Waals surface area contributed by atoms with E-state index in [4.69, 9.17) is 0 Å². The molecule has 2 aromatic rings. The monoisotopic (exact) mass is 295 g/mol. The van der Waals surface area contributed by atoms with Crippen LogP contribution in [0.1, 0.15) is 32.2 Å². The molecule has 0 aliphatic rings. The second-order valence-corrected chi connectivity index (χ2v) is 6.26. The highest BCUT2D eigenvalue weighted by Gasteiger charge is 2.14. The highest BCUT2D eigenvalue weighted by Crippen LogP contribution is 2.21. The lowest BCUT2D eigenvalue weighted by Crippen LogP contribution is -2.35. The third-order valence-electron chi connectivity index (χ3n) is 2.53.